The number of nitrogens with zero attached hydrogens (tertiary/aromatic N) is 2. The van der Waals surface area contributed by atoms with Crippen molar-refractivity contribution in [2.45, 2.75) is 6.92 Å². The zero-order valence-corrected chi connectivity index (χ0v) is 19.7. The van der Waals surface area contributed by atoms with Crippen molar-refractivity contribution in [3.63, 3.8) is 0 Å². The van der Waals surface area contributed by atoms with Crippen LogP contribution in [-0.2, 0) is 7.05 Å². The van der Waals surface area contributed by atoms with Crippen LogP contribution < -0.4 is 4.57 Å². The van der Waals surface area contributed by atoms with Gasteiger partial charge in [-0.05, 0) is 48.9 Å². The van der Waals surface area contributed by atoms with Gasteiger partial charge < -0.3 is 8.98 Å². The Morgan fingerprint density at radius 1 is 0.694 bits per heavy atom. The minimum atomic E-state index is -0.451. The molecule has 0 unspecified atom stereocenters. The highest BCUT2D eigenvalue weighted by Crippen LogP contribution is 2.41. The number of aryl methyl sites for hydroxylation is 2. The molecular formula is C31H21F2N2O+. The van der Waals surface area contributed by atoms with E-state index in [-0.39, 0.29) is 10.8 Å². The lowest BCUT2D eigenvalue weighted by Gasteiger charge is -2.08. The van der Waals surface area contributed by atoms with Gasteiger partial charge in [0.1, 0.15) is 24.3 Å². The number of para-hydroxylation sites is 1. The van der Waals surface area contributed by atoms with Crippen molar-refractivity contribution in [1.29, 1.82) is 0 Å². The summed E-state index contributed by atoms with van der Waals surface area (Å²) in [6.45, 7) is 2.08. The molecule has 3 nitrogen and oxygen atoms in total. The van der Waals surface area contributed by atoms with E-state index in [0.717, 1.165) is 38.9 Å². The summed E-state index contributed by atoms with van der Waals surface area (Å²) in [5.74, 6) is -0.903. The molecule has 0 aliphatic heterocycles. The van der Waals surface area contributed by atoms with Gasteiger partial charge >= 0.3 is 0 Å². The summed E-state index contributed by atoms with van der Waals surface area (Å²) in [5.41, 5.74) is 6.55. The second-order valence-electron chi connectivity index (χ2n) is 9.19. The van der Waals surface area contributed by atoms with Crippen molar-refractivity contribution in [2.75, 3.05) is 0 Å². The first-order valence-electron chi connectivity index (χ1n) is 11.8. The van der Waals surface area contributed by atoms with E-state index in [9.17, 15) is 0 Å². The highest BCUT2D eigenvalue weighted by molar-refractivity contribution is 6.14. The van der Waals surface area contributed by atoms with Crippen LogP contribution in [0.2, 0.25) is 0 Å². The quantitative estimate of drug-likeness (QED) is 0.234. The van der Waals surface area contributed by atoms with E-state index >= 15 is 8.78 Å². The number of aromatic nitrogens is 2. The molecule has 0 spiro atoms. The number of hydrogen-bond acceptors (Lipinski definition) is 1. The van der Waals surface area contributed by atoms with Gasteiger partial charge in [0.25, 0.3) is 0 Å². The molecule has 3 aromatic heterocycles. The lowest BCUT2D eigenvalue weighted by molar-refractivity contribution is -0.660. The SMILES string of the molecule is Cc1ccc2c(oc3c(-n4c5cccc(F)c5c5c(F)cccc54)cccc32)c1-c1cccc[n+]1C. The van der Waals surface area contributed by atoms with E-state index in [4.69, 9.17) is 4.42 Å². The molecule has 0 bridgehead atoms. The number of rotatable bonds is 2. The van der Waals surface area contributed by atoms with E-state index < -0.39 is 11.6 Å². The van der Waals surface area contributed by atoms with Gasteiger partial charge in [-0.1, -0.05) is 36.4 Å². The van der Waals surface area contributed by atoms with Gasteiger partial charge in [0.05, 0.1) is 22.3 Å². The van der Waals surface area contributed by atoms with E-state index in [1.54, 1.807) is 12.1 Å². The monoisotopic (exact) mass is 475 g/mol. The summed E-state index contributed by atoms with van der Waals surface area (Å²) >= 11 is 0. The first-order chi connectivity index (χ1) is 17.5. The van der Waals surface area contributed by atoms with E-state index in [2.05, 4.69) is 29.7 Å². The maximum Gasteiger partial charge on any atom is 0.216 e. The molecule has 3 heterocycles. The van der Waals surface area contributed by atoms with Crippen LogP contribution in [0, 0.1) is 18.6 Å². The van der Waals surface area contributed by atoms with Gasteiger partial charge in [0.15, 0.2) is 11.8 Å². The third kappa shape index (κ3) is 2.74. The average Bonchev–Trinajstić information content (AvgIpc) is 3.42. The van der Waals surface area contributed by atoms with Crippen molar-refractivity contribution in [1.82, 2.24) is 4.57 Å². The lowest BCUT2D eigenvalue weighted by atomic mass is 10.0. The fraction of sp³-hybridized carbons (Fsp3) is 0.0645. The second kappa shape index (κ2) is 7.49. The molecule has 7 aromatic rings. The number of halogens is 2. The molecule has 0 aliphatic carbocycles. The fourth-order valence-electron chi connectivity index (χ4n) is 5.51. The van der Waals surface area contributed by atoms with Crippen LogP contribution in [0.1, 0.15) is 5.56 Å². The molecule has 0 radical (unpaired) electrons. The van der Waals surface area contributed by atoms with Gasteiger partial charge in [-0.3, -0.25) is 0 Å². The summed E-state index contributed by atoms with van der Waals surface area (Å²) in [7, 11) is 2.02. The van der Waals surface area contributed by atoms with E-state index in [0.29, 0.717) is 16.6 Å². The maximum atomic E-state index is 15.0. The van der Waals surface area contributed by atoms with Gasteiger partial charge in [-0.2, -0.15) is 0 Å². The minimum absolute atomic E-state index is 0.270. The zero-order chi connectivity index (χ0) is 24.6. The van der Waals surface area contributed by atoms with Crippen LogP contribution >= 0.6 is 0 Å². The largest absolute Gasteiger partial charge is 0.453 e. The lowest BCUT2D eigenvalue weighted by Crippen LogP contribution is -2.30. The molecule has 0 saturated heterocycles. The van der Waals surface area contributed by atoms with Crippen molar-refractivity contribution in [2.24, 2.45) is 7.05 Å². The third-order valence-corrected chi connectivity index (χ3v) is 7.12. The normalized spacial score (nSPS) is 11.9. The van der Waals surface area contributed by atoms with Gasteiger partial charge in [0, 0.05) is 33.7 Å². The van der Waals surface area contributed by atoms with E-state index in [1.165, 1.54) is 12.1 Å². The number of pyridine rings is 1. The molecule has 0 aliphatic rings. The Balaban J connectivity index is 1.64. The second-order valence-corrected chi connectivity index (χ2v) is 9.19. The molecule has 5 heteroatoms. The Bertz CT molecular complexity index is 1940. The standard InChI is InChI=1S/C31H21F2N2O/c1-18-15-16-20-19-8-5-14-26(30(19)36-31(20)27(18)23-11-3-4-17-34(23)2)35-24-12-6-9-21(32)28(24)29-22(33)10-7-13-25(29)35/h3-17H,1-2H3/q+1. The van der Waals surface area contributed by atoms with Gasteiger partial charge in [-0.15, -0.1) is 0 Å². The number of fused-ring (bicyclic) bond motifs is 6. The van der Waals surface area contributed by atoms with Crippen molar-refractivity contribution < 1.29 is 17.8 Å². The topological polar surface area (TPSA) is 21.9 Å². The molecule has 0 amide bonds. The van der Waals surface area contributed by atoms with E-state index in [1.807, 2.05) is 60.3 Å². The zero-order valence-electron chi connectivity index (χ0n) is 19.7. The molecule has 7 rings (SSSR count). The van der Waals surface area contributed by atoms with Crippen LogP contribution in [0.25, 0.3) is 60.7 Å². The average molecular weight is 476 g/mol. The first kappa shape index (κ1) is 20.8. The Kier molecular flexibility index (Phi) is 4.33. The molecule has 0 atom stereocenters. The number of furan rings is 1. The molecule has 0 N–H and O–H groups in total. The van der Waals surface area contributed by atoms with Gasteiger partial charge in [-0.25, -0.2) is 13.3 Å². The summed E-state index contributed by atoms with van der Waals surface area (Å²) in [6.07, 6.45) is 2.02. The fourth-order valence-corrected chi connectivity index (χ4v) is 5.51. The Morgan fingerprint density at radius 2 is 1.36 bits per heavy atom. The molecule has 4 aromatic carbocycles. The highest BCUT2D eigenvalue weighted by atomic mass is 19.1. The van der Waals surface area contributed by atoms with Crippen molar-refractivity contribution in [3.05, 3.63) is 108 Å². The van der Waals surface area contributed by atoms with Crippen LogP contribution in [0.3, 0.4) is 0 Å². The predicted octanol–water partition coefficient (Wildman–Crippen LogP) is 7.76. The molecule has 174 valence electrons. The van der Waals surface area contributed by atoms with Crippen molar-refractivity contribution in [3.8, 4) is 16.9 Å². The highest BCUT2D eigenvalue weighted by Gasteiger charge is 2.24. The van der Waals surface area contributed by atoms with Crippen LogP contribution in [0.5, 0.6) is 0 Å². The summed E-state index contributed by atoms with van der Waals surface area (Å²) in [6, 6.07) is 25.9. The van der Waals surface area contributed by atoms with Crippen molar-refractivity contribution >= 4 is 43.7 Å². The Morgan fingerprint density at radius 3 is 2.06 bits per heavy atom. The number of benzene rings is 4. The smallest absolute Gasteiger partial charge is 0.216 e. The Labute approximate surface area is 205 Å². The molecule has 36 heavy (non-hydrogen) atoms. The molecule has 0 saturated carbocycles. The third-order valence-electron chi connectivity index (χ3n) is 7.12. The van der Waals surface area contributed by atoms with Crippen LogP contribution in [0.4, 0.5) is 8.78 Å². The summed E-state index contributed by atoms with van der Waals surface area (Å²) < 4.78 is 40.7. The predicted molar refractivity (Wildman–Crippen MR) is 139 cm³/mol. The van der Waals surface area contributed by atoms with Crippen LogP contribution in [0.15, 0.2) is 95.5 Å². The summed E-state index contributed by atoms with van der Waals surface area (Å²) in [4.78, 5) is 0. The molecular weight excluding hydrogens is 454 g/mol. The first-order valence-corrected chi connectivity index (χ1v) is 11.8. The minimum Gasteiger partial charge on any atom is -0.453 e. The summed E-state index contributed by atoms with van der Waals surface area (Å²) in [5, 5.41) is 2.48. The maximum absolute atomic E-state index is 15.0. The molecule has 0 fully saturated rings. The Hall–Kier alpha value is -4.51. The van der Waals surface area contributed by atoms with Crippen LogP contribution in [-0.4, -0.2) is 4.57 Å². The van der Waals surface area contributed by atoms with Gasteiger partial charge in [0.2, 0.25) is 5.69 Å². The number of hydrogen-bond donors (Lipinski definition) is 0.